The van der Waals surface area contributed by atoms with E-state index >= 15 is 0 Å². The van der Waals surface area contributed by atoms with E-state index in [-0.39, 0.29) is 10.7 Å². The molecule has 0 aliphatic carbocycles. The molecule has 0 atom stereocenters. The number of aryl methyl sites for hydroxylation is 2. The molecule has 120 valence electrons. The van der Waals surface area contributed by atoms with Gasteiger partial charge in [-0.05, 0) is 45.4 Å². The molecule has 2 aromatic rings. The largest absolute Gasteiger partial charge is 0.497 e. The van der Waals surface area contributed by atoms with Gasteiger partial charge in [-0.15, -0.1) is 0 Å². The molecule has 0 radical (unpaired) electrons. The fraction of sp³-hybridized carbons (Fsp3) is 0.400. The molecule has 0 saturated heterocycles. The third-order valence-corrected chi connectivity index (χ3v) is 5.34. The molecule has 0 spiro atoms. The number of hydrogen-bond donors (Lipinski definition) is 1. The summed E-state index contributed by atoms with van der Waals surface area (Å²) in [4.78, 5) is 0.0917. The number of ether oxygens (including phenoxy) is 1. The van der Waals surface area contributed by atoms with E-state index in [0.717, 1.165) is 5.56 Å². The molecule has 6 nitrogen and oxygen atoms in total. The zero-order valence-electron chi connectivity index (χ0n) is 13.3. The predicted octanol–water partition coefficient (Wildman–Crippen LogP) is 2.51. The van der Waals surface area contributed by atoms with E-state index in [1.54, 1.807) is 46.9 Å². The molecular formula is C15H20N2O4S. The quantitative estimate of drug-likeness (QED) is 0.914. The highest BCUT2D eigenvalue weighted by Crippen LogP contribution is 2.27. The molecule has 0 unspecified atom stereocenters. The second kappa shape index (κ2) is 5.73. The Balaban J connectivity index is 2.34. The Bertz CT molecular complexity index is 742. The van der Waals surface area contributed by atoms with Crippen LogP contribution in [-0.2, 0) is 15.6 Å². The van der Waals surface area contributed by atoms with Crippen LogP contribution in [0.3, 0.4) is 0 Å². The van der Waals surface area contributed by atoms with Gasteiger partial charge in [-0.25, -0.2) is 13.1 Å². The molecule has 0 aliphatic rings. The number of hydrogen-bond acceptors (Lipinski definition) is 5. The van der Waals surface area contributed by atoms with Crippen LogP contribution in [0.25, 0.3) is 0 Å². The second-order valence-electron chi connectivity index (χ2n) is 5.61. The molecule has 0 fully saturated rings. The number of nitrogens with zero attached hydrogens (tertiary/aromatic N) is 1. The fourth-order valence-electron chi connectivity index (χ4n) is 2.31. The number of aromatic nitrogens is 1. The van der Waals surface area contributed by atoms with Crippen LogP contribution in [0.15, 0.2) is 33.7 Å². The van der Waals surface area contributed by atoms with Crippen molar-refractivity contribution < 1.29 is 17.7 Å². The Labute approximate surface area is 130 Å². The summed E-state index contributed by atoms with van der Waals surface area (Å²) in [5, 5.41) is 3.70. The first-order valence-corrected chi connectivity index (χ1v) is 8.27. The highest BCUT2D eigenvalue weighted by Gasteiger charge is 2.32. The molecule has 1 aromatic heterocycles. The average Bonchev–Trinajstić information content (AvgIpc) is 2.77. The van der Waals surface area contributed by atoms with Gasteiger partial charge >= 0.3 is 0 Å². The molecule has 2 rings (SSSR count). The van der Waals surface area contributed by atoms with Gasteiger partial charge in [0.05, 0.1) is 12.6 Å². The minimum Gasteiger partial charge on any atom is -0.497 e. The number of benzene rings is 1. The van der Waals surface area contributed by atoms with Crippen molar-refractivity contribution in [3.8, 4) is 5.75 Å². The van der Waals surface area contributed by atoms with Crippen LogP contribution < -0.4 is 9.46 Å². The van der Waals surface area contributed by atoms with E-state index in [9.17, 15) is 8.42 Å². The van der Waals surface area contributed by atoms with Crippen molar-refractivity contribution in [1.82, 2.24) is 9.88 Å². The van der Waals surface area contributed by atoms with E-state index in [1.165, 1.54) is 0 Å². The monoisotopic (exact) mass is 324 g/mol. The second-order valence-corrected chi connectivity index (χ2v) is 7.23. The zero-order valence-corrected chi connectivity index (χ0v) is 14.1. The summed E-state index contributed by atoms with van der Waals surface area (Å²) in [5.74, 6) is 0.990. The van der Waals surface area contributed by atoms with Crippen LogP contribution in [0.4, 0.5) is 0 Å². The SMILES string of the molecule is COc1ccc(C(C)(C)NS(=O)(=O)c2c(C)noc2C)cc1. The van der Waals surface area contributed by atoms with Gasteiger partial charge in [-0.3, -0.25) is 0 Å². The van der Waals surface area contributed by atoms with Gasteiger partial charge in [0.25, 0.3) is 0 Å². The molecule has 0 aliphatic heterocycles. The van der Waals surface area contributed by atoms with E-state index in [2.05, 4.69) is 9.88 Å². The summed E-state index contributed by atoms with van der Waals surface area (Å²) in [7, 11) is -2.15. The molecular weight excluding hydrogens is 304 g/mol. The van der Waals surface area contributed by atoms with Crippen molar-refractivity contribution in [2.75, 3.05) is 7.11 Å². The molecule has 0 bridgehead atoms. The zero-order chi connectivity index (χ0) is 16.5. The van der Waals surface area contributed by atoms with Gasteiger partial charge in [0.15, 0.2) is 5.76 Å². The highest BCUT2D eigenvalue weighted by atomic mass is 32.2. The lowest BCUT2D eigenvalue weighted by atomic mass is 9.96. The standard InChI is InChI=1S/C15H20N2O4S/c1-10-14(11(2)21-16-10)22(18,19)17-15(3,4)12-6-8-13(20-5)9-7-12/h6-9,17H,1-5H3. The predicted molar refractivity (Wildman–Crippen MR) is 82.3 cm³/mol. The van der Waals surface area contributed by atoms with E-state index in [1.807, 2.05) is 12.1 Å². The maximum absolute atomic E-state index is 12.6. The smallest absolute Gasteiger partial charge is 0.246 e. The topological polar surface area (TPSA) is 81.4 Å². The number of sulfonamides is 1. The van der Waals surface area contributed by atoms with Crippen molar-refractivity contribution >= 4 is 10.0 Å². The molecule has 1 N–H and O–H groups in total. The fourth-order valence-corrected chi connectivity index (χ4v) is 4.05. The lowest BCUT2D eigenvalue weighted by molar-refractivity contribution is 0.390. The van der Waals surface area contributed by atoms with Crippen molar-refractivity contribution in [3.05, 3.63) is 41.3 Å². The maximum Gasteiger partial charge on any atom is 0.246 e. The van der Waals surface area contributed by atoms with Gasteiger partial charge in [-0.2, -0.15) is 0 Å². The summed E-state index contributed by atoms with van der Waals surface area (Å²) in [6.07, 6.45) is 0. The molecule has 1 aromatic carbocycles. The van der Waals surface area contributed by atoms with E-state index in [0.29, 0.717) is 11.4 Å². The van der Waals surface area contributed by atoms with Crippen molar-refractivity contribution in [3.63, 3.8) is 0 Å². The first-order chi connectivity index (χ1) is 10.2. The van der Waals surface area contributed by atoms with Crippen LogP contribution in [0, 0.1) is 13.8 Å². The van der Waals surface area contributed by atoms with E-state index < -0.39 is 15.6 Å². The number of nitrogens with one attached hydrogen (secondary N) is 1. The lowest BCUT2D eigenvalue weighted by Gasteiger charge is -2.26. The third-order valence-electron chi connectivity index (χ3n) is 3.44. The normalized spacial score (nSPS) is 12.4. The van der Waals surface area contributed by atoms with Crippen molar-refractivity contribution in [2.24, 2.45) is 0 Å². The van der Waals surface area contributed by atoms with Crippen LogP contribution >= 0.6 is 0 Å². The molecule has 22 heavy (non-hydrogen) atoms. The molecule has 0 amide bonds. The first kappa shape index (κ1) is 16.5. The first-order valence-electron chi connectivity index (χ1n) is 6.79. The van der Waals surface area contributed by atoms with Crippen molar-refractivity contribution in [2.45, 2.75) is 38.1 Å². The Morgan fingerprint density at radius 3 is 2.23 bits per heavy atom. The van der Waals surface area contributed by atoms with Crippen molar-refractivity contribution in [1.29, 1.82) is 0 Å². The maximum atomic E-state index is 12.6. The Morgan fingerprint density at radius 1 is 1.18 bits per heavy atom. The Kier molecular flexibility index (Phi) is 4.30. The van der Waals surface area contributed by atoms with Gasteiger partial charge in [0, 0.05) is 0 Å². The molecule has 7 heteroatoms. The number of rotatable bonds is 5. The average molecular weight is 324 g/mol. The summed E-state index contributed by atoms with van der Waals surface area (Å²) in [6, 6.07) is 7.24. The summed E-state index contributed by atoms with van der Waals surface area (Å²) in [5.41, 5.74) is 0.375. The minimum atomic E-state index is -3.74. The summed E-state index contributed by atoms with van der Waals surface area (Å²) in [6.45, 7) is 6.77. The summed E-state index contributed by atoms with van der Waals surface area (Å²) >= 11 is 0. The minimum absolute atomic E-state index is 0.0917. The van der Waals surface area contributed by atoms with Gasteiger partial charge in [-0.1, -0.05) is 17.3 Å². The van der Waals surface area contributed by atoms with Crippen LogP contribution in [0.2, 0.25) is 0 Å². The molecule has 1 heterocycles. The van der Waals surface area contributed by atoms with E-state index in [4.69, 9.17) is 9.26 Å². The van der Waals surface area contributed by atoms with Gasteiger partial charge in [0.1, 0.15) is 16.3 Å². The Morgan fingerprint density at radius 2 is 1.77 bits per heavy atom. The van der Waals surface area contributed by atoms with Crippen LogP contribution in [0.5, 0.6) is 5.75 Å². The molecule has 0 saturated carbocycles. The summed E-state index contributed by atoms with van der Waals surface area (Å²) < 4.78 is 38.0. The number of methoxy groups -OCH3 is 1. The lowest BCUT2D eigenvalue weighted by Crippen LogP contribution is -2.41. The highest BCUT2D eigenvalue weighted by molar-refractivity contribution is 7.89. The van der Waals surface area contributed by atoms with Crippen LogP contribution in [0.1, 0.15) is 30.9 Å². The van der Waals surface area contributed by atoms with Gasteiger partial charge in [0.2, 0.25) is 10.0 Å². The third kappa shape index (κ3) is 3.15. The van der Waals surface area contributed by atoms with Gasteiger partial charge < -0.3 is 9.26 Å². The Hall–Kier alpha value is -1.86. The van der Waals surface area contributed by atoms with Crippen LogP contribution in [-0.4, -0.2) is 20.7 Å².